The first-order valence-corrected chi connectivity index (χ1v) is 12.0. The molecular formula is C25H33N3O5. The van der Waals surface area contributed by atoms with Crippen molar-refractivity contribution in [3.05, 3.63) is 29.3 Å². The quantitative estimate of drug-likeness (QED) is 0.611. The monoisotopic (exact) mass is 455 g/mol. The number of benzene rings is 1. The Kier molecular flexibility index (Phi) is 7.00. The van der Waals surface area contributed by atoms with E-state index in [1.165, 1.54) is 16.0 Å². The van der Waals surface area contributed by atoms with Gasteiger partial charge in [0, 0.05) is 38.8 Å². The summed E-state index contributed by atoms with van der Waals surface area (Å²) in [6.07, 6.45) is 4.59. The molecule has 1 aromatic rings. The van der Waals surface area contributed by atoms with Crippen molar-refractivity contribution in [2.75, 3.05) is 44.7 Å². The number of fused-ring (bicyclic) bond motifs is 1. The number of rotatable bonds is 6. The number of anilines is 1. The Balaban J connectivity index is 1.29. The van der Waals surface area contributed by atoms with Crippen LogP contribution in [0.5, 0.6) is 0 Å². The van der Waals surface area contributed by atoms with Gasteiger partial charge in [-0.1, -0.05) is 6.07 Å². The third kappa shape index (κ3) is 5.04. The van der Waals surface area contributed by atoms with Crippen LogP contribution in [-0.2, 0) is 36.8 Å². The van der Waals surface area contributed by atoms with E-state index in [1.54, 1.807) is 23.8 Å². The molecule has 2 aliphatic heterocycles. The molecule has 8 heteroatoms. The molecule has 1 aliphatic carbocycles. The minimum atomic E-state index is -0.446. The molecule has 33 heavy (non-hydrogen) atoms. The number of amides is 3. The summed E-state index contributed by atoms with van der Waals surface area (Å²) in [6.45, 7) is 3.44. The molecule has 0 N–H and O–H groups in total. The highest BCUT2D eigenvalue weighted by Crippen LogP contribution is 2.31. The third-order valence-electron chi connectivity index (χ3n) is 7.08. The van der Waals surface area contributed by atoms with Gasteiger partial charge in [0.25, 0.3) is 0 Å². The molecule has 2 fully saturated rings. The Morgan fingerprint density at radius 3 is 2.55 bits per heavy atom. The molecule has 0 aromatic heterocycles. The lowest BCUT2D eigenvalue weighted by molar-refractivity contribution is -0.151. The average molecular weight is 456 g/mol. The first-order valence-electron chi connectivity index (χ1n) is 12.0. The molecule has 1 unspecified atom stereocenters. The van der Waals surface area contributed by atoms with Gasteiger partial charge in [0.05, 0.1) is 25.0 Å². The van der Waals surface area contributed by atoms with Gasteiger partial charge in [-0.15, -0.1) is 0 Å². The minimum absolute atomic E-state index is 0.0214. The zero-order valence-electron chi connectivity index (χ0n) is 19.5. The van der Waals surface area contributed by atoms with E-state index in [4.69, 9.17) is 4.74 Å². The number of carbonyl (C=O) groups excluding carboxylic acids is 4. The van der Waals surface area contributed by atoms with Gasteiger partial charge in [-0.05, 0) is 62.3 Å². The fourth-order valence-electron chi connectivity index (χ4n) is 5.17. The molecule has 2 heterocycles. The zero-order chi connectivity index (χ0) is 23.5. The second kappa shape index (κ2) is 9.93. The van der Waals surface area contributed by atoms with Crippen molar-refractivity contribution >= 4 is 29.4 Å². The SMILES string of the molecule is CCOC(=O)C1CCN(C(=O)CN(C)C(=O)C2CC(=O)N(c3ccc4c(c3)CCC4)C2)CC1. The molecule has 2 saturated heterocycles. The largest absolute Gasteiger partial charge is 0.466 e. The lowest BCUT2D eigenvalue weighted by atomic mass is 9.97. The highest BCUT2D eigenvalue weighted by Gasteiger charge is 2.37. The van der Waals surface area contributed by atoms with Gasteiger partial charge >= 0.3 is 5.97 Å². The van der Waals surface area contributed by atoms with Gasteiger partial charge in [-0.3, -0.25) is 19.2 Å². The van der Waals surface area contributed by atoms with Gasteiger partial charge in [0.15, 0.2) is 0 Å². The molecule has 0 saturated carbocycles. The summed E-state index contributed by atoms with van der Waals surface area (Å²) in [7, 11) is 1.62. The minimum Gasteiger partial charge on any atom is -0.466 e. The molecule has 3 aliphatic rings. The lowest BCUT2D eigenvalue weighted by Gasteiger charge is -2.32. The number of likely N-dealkylation sites (N-methyl/N-ethyl adjacent to an activating group) is 1. The summed E-state index contributed by atoms with van der Waals surface area (Å²) in [5.41, 5.74) is 3.51. The second-order valence-electron chi connectivity index (χ2n) is 9.31. The lowest BCUT2D eigenvalue weighted by Crippen LogP contribution is -2.46. The van der Waals surface area contributed by atoms with E-state index in [0.29, 0.717) is 39.1 Å². The van der Waals surface area contributed by atoms with E-state index >= 15 is 0 Å². The van der Waals surface area contributed by atoms with Crippen LogP contribution in [0.2, 0.25) is 0 Å². The Labute approximate surface area is 194 Å². The van der Waals surface area contributed by atoms with Crippen LogP contribution < -0.4 is 4.90 Å². The number of hydrogen-bond donors (Lipinski definition) is 0. The van der Waals surface area contributed by atoms with Crippen molar-refractivity contribution in [1.82, 2.24) is 9.80 Å². The maximum atomic E-state index is 13.0. The number of ether oxygens (including phenoxy) is 1. The second-order valence-corrected chi connectivity index (χ2v) is 9.31. The summed E-state index contributed by atoms with van der Waals surface area (Å²) >= 11 is 0. The van der Waals surface area contributed by atoms with Gasteiger partial charge in [0.2, 0.25) is 17.7 Å². The van der Waals surface area contributed by atoms with Crippen LogP contribution in [0.25, 0.3) is 0 Å². The Morgan fingerprint density at radius 1 is 1.09 bits per heavy atom. The average Bonchev–Trinajstić information content (AvgIpc) is 3.44. The van der Waals surface area contributed by atoms with E-state index in [1.807, 2.05) is 6.07 Å². The van der Waals surface area contributed by atoms with Crippen molar-refractivity contribution in [1.29, 1.82) is 0 Å². The van der Waals surface area contributed by atoms with Gasteiger partial charge in [0.1, 0.15) is 0 Å². The Bertz CT molecular complexity index is 938. The molecule has 1 atom stereocenters. The van der Waals surface area contributed by atoms with Crippen molar-refractivity contribution in [2.24, 2.45) is 11.8 Å². The molecular weight excluding hydrogens is 422 g/mol. The van der Waals surface area contributed by atoms with Crippen LogP contribution in [0.1, 0.15) is 43.7 Å². The fourth-order valence-corrected chi connectivity index (χ4v) is 5.17. The molecule has 0 bridgehead atoms. The summed E-state index contributed by atoms with van der Waals surface area (Å²) < 4.78 is 5.07. The summed E-state index contributed by atoms with van der Waals surface area (Å²) in [5.74, 6) is -1.17. The maximum absolute atomic E-state index is 13.0. The molecule has 0 radical (unpaired) electrons. The summed E-state index contributed by atoms with van der Waals surface area (Å²) in [5, 5.41) is 0. The standard InChI is InChI=1S/C25H33N3O5/c1-3-33-25(32)18-9-11-27(12-10-18)23(30)16-26(2)24(31)20-14-22(29)28(15-20)21-8-7-17-5-4-6-19(17)13-21/h7-8,13,18,20H,3-6,9-12,14-16H2,1-2H3. The van der Waals surface area contributed by atoms with Crippen LogP contribution in [0.15, 0.2) is 18.2 Å². The maximum Gasteiger partial charge on any atom is 0.309 e. The van der Waals surface area contributed by atoms with E-state index < -0.39 is 5.92 Å². The number of hydrogen-bond acceptors (Lipinski definition) is 5. The molecule has 4 rings (SSSR count). The molecule has 3 amide bonds. The van der Waals surface area contributed by atoms with Crippen molar-refractivity contribution in [3.8, 4) is 0 Å². The van der Waals surface area contributed by atoms with Crippen molar-refractivity contribution < 1.29 is 23.9 Å². The molecule has 0 spiro atoms. The number of piperidine rings is 1. The normalized spacial score (nSPS) is 20.7. The highest BCUT2D eigenvalue weighted by atomic mass is 16.5. The highest BCUT2D eigenvalue weighted by molar-refractivity contribution is 6.00. The third-order valence-corrected chi connectivity index (χ3v) is 7.08. The predicted molar refractivity (Wildman–Crippen MR) is 123 cm³/mol. The van der Waals surface area contributed by atoms with Gasteiger partial charge in [-0.25, -0.2) is 0 Å². The Morgan fingerprint density at radius 2 is 1.82 bits per heavy atom. The van der Waals surface area contributed by atoms with Crippen LogP contribution in [0.3, 0.4) is 0 Å². The van der Waals surface area contributed by atoms with E-state index in [0.717, 1.165) is 24.9 Å². The molecule has 1 aromatic carbocycles. The van der Waals surface area contributed by atoms with Crippen LogP contribution >= 0.6 is 0 Å². The van der Waals surface area contributed by atoms with Crippen LogP contribution in [-0.4, -0.2) is 73.3 Å². The number of esters is 1. The van der Waals surface area contributed by atoms with Gasteiger partial charge < -0.3 is 19.4 Å². The zero-order valence-corrected chi connectivity index (χ0v) is 19.5. The molecule has 178 valence electrons. The van der Waals surface area contributed by atoms with Crippen molar-refractivity contribution in [2.45, 2.75) is 45.4 Å². The topological polar surface area (TPSA) is 87.2 Å². The van der Waals surface area contributed by atoms with Gasteiger partial charge in [-0.2, -0.15) is 0 Å². The number of aryl methyl sites for hydroxylation is 2. The number of nitrogens with zero attached hydrogens (tertiary/aromatic N) is 3. The van der Waals surface area contributed by atoms with Crippen molar-refractivity contribution in [3.63, 3.8) is 0 Å². The van der Waals surface area contributed by atoms with Crippen LogP contribution in [0.4, 0.5) is 5.69 Å². The first kappa shape index (κ1) is 23.3. The Hall–Kier alpha value is -2.90. The fraction of sp³-hybridized carbons (Fsp3) is 0.600. The smallest absolute Gasteiger partial charge is 0.309 e. The van der Waals surface area contributed by atoms with E-state index in [9.17, 15) is 19.2 Å². The first-order chi connectivity index (χ1) is 15.9. The predicted octanol–water partition coefficient (Wildman–Crippen LogP) is 1.79. The van der Waals surface area contributed by atoms with Crippen LogP contribution in [0, 0.1) is 11.8 Å². The summed E-state index contributed by atoms with van der Waals surface area (Å²) in [6, 6.07) is 6.15. The number of likely N-dealkylation sites (tertiary alicyclic amines) is 1. The summed E-state index contributed by atoms with van der Waals surface area (Å²) in [4.78, 5) is 55.1. The van der Waals surface area contributed by atoms with E-state index in [2.05, 4.69) is 12.1 Å². The van der Waals surface area contributed by atoms with E-state index in [-0.39, 0.29) is 42.6 Å². The molecule has 8 nitrogen and oxygen atoms in total. The number of carbonyl (C=O) groups is 4.